The minimum Gasteiger partial charge on any atom is -0.618 e. The molecule has 2 heterocycles. The zero-order chi connectivity index (χ0) is 18.4. The van der Waals surface area contributed by atoms with Crippen LogP contribution in [0, 0.1) is 16.5 Å². The van der Waals surface area contributed by atoms with Crippen LogP contribution < -0.4 is 19.1 Å². The number of ether oxygens (including phenoxy) is 2. The summed E-state index contributed by atoms with van der Waals surface area (Å²) < 4.78 is 11.8. The van der Waals surface area contributed by atoms with Gasteiger partial charge in [-0.15, -0.1) is 0 Å². The lowest BCUT2D eigenvalue weighted by molar-refractivity contribution is -0.645. The average molecular weight is 371 g/mol. The Morgan fingerprint density at radius 2 is 2.08 bits per heavy atom. The molecule has 0 saturated carbocycles. The van der Waals surface area contributed by atoms with Gasteiger partial charge >= 0.3 is 0 Å². The molecule has 0 fully saturated rings. The third kappa shape index (κ3) is 4.18. The average Bonchev–Trinajstić information content (AvgIpc) is 2.67. The maximum atomic E-state index is 12.7. The van der Waals surface area contributed by atoms with Crippen LogP contribution in [0.2, 0.25) is 0 Å². The van der Waals surface area contributed by atoms with Gasteiger partial charge < -0.3 is 19.6 Å². The minimum absolute atomic E-state index is 0.0894. The van der Waals surface area contributed by atoms with Gasteiger partial charge in [-0.1, -0.05) is 0 Å². The maximum absolute atomic E-state index is 12.7. The van der Waals surface area contributed by atoms with Crippen molar-refractivity contribution in [2.24, 2.45) is 0 Å². The maximum Gasteiger partial charge on any atom is 0.251 e. The molecule has 26 heavy (non-hydrogen) atoms. The standard InChI is InChI=1S/C18H17N3O4S/c19-7-3-8-20(14-5-6-15-16(12-14)25-11-10-24-15)17(22)13-26-18-4-1-2-9-21(18)23/h1-2,4-6,9,12H,3,8,10-11,13H2. The SMILES string of the molecule is N#CCCN(C(=O)CSc1cccc[n+]1[O-])c1ccc2c(c1)OCCO2. The molecule has 0 unspecified atom stereocenters. The normalized spacial score (nSPS) is 12.3. The number of nitriles is 1. The summed E-state index contributed by atoms with van der Waals surface area (Å²) >= 11 is 1.16. The Morgan fingerprint density at radius 3 is 2.85 bits per heavy atom. The summed E-state index contributed by atoms with van der Waals surface area (Å²) in [4.78, 5) is 14.2. The van der Waals surface area contributed by atoms with E-state index >= 15 is 0 Å². The van der Waals surface area contributed by atoms with Gasteiger partial charge in [0.25, 0.3) is 5.03 Å². The Labute approximate surface area is 155 Å². The van der Waals surface area contributed by atoms with Crippen molar-refractivity contribution in [3.63, 3.8) is 0 Å². The first-order valence-corrected chi connectivity index (χ1v) is 9.05. The van der Waals surface area contributed by atoms with Gasteiger partial charge in [-0.2, -0.15) is 9.99 Å². The number of aromatic nitrogens is 1. The molecule has 0 saturated heterocycles. The molecule has 0 atom stereocenters. The molecule has 0 aliphatic carbocycles. The molecular formula is C18H17N3O4S. The second-order valence-electron chi connectivity index (χ2n) is 5.43. The van der Waals surface area contributed by atoms with E-state index in [9.17, 15) is 10.0 Å². The number of carbonyl (C=O) groups is 1. The molecule has 1 amide bonds. The minimum atomic E-state index is -0.189. The molecule has 0 spiro atoms. The van der Waals surface area contributed by atoms with Gasteiger partial charge in [-0.3, -0.25) is 4.79 Å². The van der Waals surface area contributed by atoms with Gasteiger partial charge in [0.05, 0.1) is 18.2 Å². The van der Waals surface area contributed by atoms with Crippen LogP contribution in [-0.4, -0.2) is 31.4 Å². The summed E-state index contributed by atoms with van der Waals surface area (Å²) in [6.07, 6.45) is 1.60. The van der Waals surface area contributed by atoms with E-state index in [0.29, 0.717) is 35.4 Å². The summed E-state index contributed by atoms with van der Waals surface area (Å²) in [6, 6.07) is 12.4. The van der Waals surface area contributed by atoms with Gasteiger partial charge in [0, 0.05) is 30.4 Å². The van der Waals surface area contributed by atoms with Crippen LogP contribution in [0.5, 0.6) is 11.5 Å². The van der Waals surface area contributed by atoms with E-state index in [4.69, 9.17) is 14.7 Å². The monoisotopic (exact) mass is 371 g/mol. The Morgan fingerprint density at radius 1 is 1.27 bits per heavy atom. The highest BCUT2D eigenvalue weighted by atomic mass is 32.2. The van der Waals surface area contributed by atoms with Gasteiger partial charge in [0.1, 0.15) is 13.2 Å². The predicted octanol–water partition coefficient (Wildman–Crippen LogP) is 2.13. The third-order valence-corrected chi connectivity index (χ3v) is 4.72. The smallest absolute Gasteiger partial charge is 0.251 e. The predicted molar refractivity (Wildman–Crippen MR) is 96.1 cm³/mol. The summed E-state index contributed by atoms with van der Waals surface area (Å²) in [6.45, 7) is 1.21. The van der Waals surface area contributed by atoms with Crippen LogP contribution in [0.3, 0.4) is 0 Å². The summed E-state index contributed by atoms with van der Waals surface area (Å²) in [7, 11) is 0. The molecule has 0 bridgehead atoms. The fourth-order valence-electron chi connectivity index (χ4n) is 2.50. The molecule has 1 aromatic heterocycles. The van der Waals surface area contributed by atoms with Crippen molar-refractivity contribution >= 4 is 23.4 Å². The number of nitrogens with zero attached hydrogens (tertiary/aromatic N) is 3. The lowest BCUT2D eigenvalue weighted by Crippen LogP contribution is -2.34. The molecular weight excluding hydrogens is 354 g/mol. The van der Waals surface area contributed by atoms with E-state index in [1.807, 2.05) is 0 Å². The van der Waals surface area contributed by atoms with Crippen molar-refractivity contribution in [1.29, 1.82) is 5.26 Å². The first-order valence-electron chi connectivity index (χ1n) is 8.07. The summed E-state index contributed by atoms with van der Waals surface area (Å²) in [5.41, 5.74) is 0.637. The number of thioether (sulfide) groups is 1. The molecule has 3 rings (SSSR count). The molecule has 1 aliphatic rings. The van der Waals surface area contributed by atoms with E-state index in [-0.39, 0.29) is 24.6 Å². The lowest BCUT2D eigenvalue weighted by atomic mass is 10.2. The van der Waals surface area contributed by atoms with Crippen LogP contribution in [0.15, 0.2) is 47.6 Å². The van der Waals surface area contributed by atoms with Crippen molar-refractivity contribution in [1.82, 2.24) is 0 Å². The zero-order valence-corrected chi connectivity index (χ0v) is 14.8. The fraction of sp³-hybridized carbons (Fsp3) is 0.278. The first kappa shape index (κ1) is 17.9. The second-order valence-corrected chi connectivity index (χ2v) is 6.43. The van der Waals surface area contributed by atoms with Crippen LogP contribution in [0.1, 0.15) is 6.42 Å². The zero-order valence-electron chi connectivity index (χ0n) is 14.0. The Bertz CT molecular complexity index is 837. The Hall–Kier alpha value is -2.92. The van der Waals surface area contributed by atoms with Gasteiger partial charge in [-0.25, -0.2) is 0 Å². The number of hydrogen-bond donors (Lipinski definition) is 0. The molecule has 7 nitrogen and oxygen atoms in total. The number of rotatable bonds is 6. The number of carbonyl (C=O) groups excluding carboxylic acids is 1. The van der Waals surface area contributed by atoms with Crippen LogP contribution in [-0.2, 0) is 4.79 Å². The molecule has 134 valence electrons. The van der Waals surface area contributed by atoms with E-state index in [2.05, 4.69) is 6.07 Å². The Balaban J connectivity index is 1.76. The fourth-order valence-corrected chi connectivity index (χ4v) is 3.29. The number of benzene rings is 1. The summed E-state index contributed by atoms with van der Waals surface area (Å²) in [5, 5.41) is 21.0. The van der Waals surface area contributed by atoms with Gasteiger partial charge in [-0.05, 0) is 30.0 Å². The largest absolute Gasteiger partial charge is 0.618 e. The topological polar surface area (TPSA) is 89.5 Å². The van der Waals surface area contributed by atoms with Crippen LogP contribution in [0.25, 0.3) is 0 Å². The molecule has 0 N–H and O–H groups in total. The molecule has 2 aromatic rings. The molecule has 0 radical (unpaired) electrons. The van der Waals surface area contributed by atoms with Crippen molar-refractivity contribution in [2.45, 2.75) is 11.4 Å². The van der Waals surface area contributed by atoms with Crippen LogP contribution in [0.4, 0.5) is 5.69 Å². The highest BCUT2D eigenvalue weighted by Crippen LogP contribution is 2.34. The quantitative estimate of drug-likeness (QED) is 0.439. The highest BCUT2D eigenvalue weighted by molar-refractivity contribution is 7.99. The lowest BCUT2D eigenvalue weighted by Gasteiger charge is -2.24. The van der Waals surface area contributed by atoms with Gasteiger partial charge in [0.2, 0.25) is 5.91 Å². The molecule has 1 aromatic carbocycles. The van der Waals surface area contributed by atoms with Crippen molar-refractivity contribution in [2.75, 3.05) is 30.4 Å². The highest BCUT2D eigenvalue weighted by Gasteiger charge is 2.20. The van der Waals surface area contributed by atoms with E-state index in [1.165, 1.54) is 11.1 Å². The first-order chi connectivity index (χ1) is 12.7. The van der Waals surface area contributed by atoms with Crippen molar-refractivity contribution in [3.05, 3.63) is 47.8 Å². The van der Waals surface area contributed by atoms with Gasteiger partial charge in [0.15, 0.2) is 17.7 Å². The van der Waals surface area contributed by atoms with E-state index in [1.54, 1.807) is 36.4 Å². The number of pyridine rings is 1. The third-order valence-electron chi connectivity index (χ3n) is 3.72. The van der Waals surface area contributed by atoms with Crippen LogP contribution >= 0.6 is 11.8 Å². The Kier molecular flexibility index (Phi) is 5.81. The molecule has 1 aliphatic heterocycles. The molecule has 8 heteroatoms. The van der Waals surface area contributed by atoms with Crippen molar-refractivity contribution in [3.8, 4) is 17.6 Å². The van der Waals surface area contributed by atoms with E-state index in [0.717, 1.165) is 16.5 Å². The summed E-state index contributed by atoms with van der Waals surface area (Å²) in [5.74, 6) is 1.12. The number of amides is 1. The van der Waals surface area contributed by atoms with E-state index < -0.39 is 0 Å². The number of fused-ring (bicyclic) bond motifs is 1. The number of anilines is 1. The van der Waals surface area contributed by atoms with Crippen molar-refractivity contribution < 1.29 is 19.0 Å². The number of hydrogen-bond acceptors (Lipinski definition) is 6. The second kappa shape index (κ2) is 8.45.